The lowest BCUT2D eigenvalue weighted by Gasteiger charge is -2.33. The third-order valence-corrected chi connectivity index (χ3v) is 8.38. The van der Waals surface area contributed by atoms with Crippen molar-refractivity contribution in [1.29, 1.82) is 0 Å². The average Bonchev–Trinajstić information content (AvgIpc) is 3.48. The molecule has 0 radical (unpaired) electrons. The first-order valence-electron chi connectivity index (χ1n) is 12.4. The number of nitrogens with zero attached hydrogens (tertiary/aromatic N) is 6. The third kappa shape index (κ3) is 4.92. The molecule has 0 spiro atoms. The topological polar surface area (TPSA) is 80.9 Å². The Balaban J connectivity index is 1.49. The molecule has 0 aliphatic carbocycles. The number of hydrogen-bond acceptors (Lipinski definition) is 6. The molecule has 4 aromatic heterocycles. The first kappa shape index (κ1) is 24.6. The van der Waals surface area contributed by atoms with Crippen molar-refractivity contribution >= 4 is 27.7 Å². The Labute approximate surface area is 213 Å². The fourth-order valence-corrected chi connectivity index (χ4v) is 6.27. The van der Waals surface area contributed by atoms with Crippen molar-refractivity contribution in [2.45, 2.75) is 32.2 Å². The van der Waals surface area contributed by atoms with Gasteiger partial charge in [-0.25, -0.2) is 19.3 Å². The van der Waals surface area contributed by atoms with Gasteiger partial charge in [0.25, 0.3) is 0 Å². The van der Waals surface area contributed by atoms with Gasteiger partial charge in [0.1, 0.15) is 5.65 Å². The van der Waals surface area contributed by atoms with Gasteiger partial charge in [0.05, 0.1) is 12.0 Å². The van der Waals surface area contributed by atoms with E-state index in [1.165, 1.54) is 11.6 Å². The lowest BCUT2D eigenvalue weighted by molar-refractivity contribution is 0.196. The van der Waals surface area contributed by atoms with E-state index in [2.05, 4.69) is 39.4 Å². The smallest absolute Gasteiger partial charge is 0.166 e. The number of halogens is 1. The van der Waals surface area contributed by atoms with Crippen LogP contribution in [0.5, 0.6) is 0 Å². The molecule has 0 atom stereocenters. The first-order chi connectivity index (χ1) is 17.5. The molecule has 1 N–H and O–H groups in total. The first-order valence-corrected chi connectivity index (χ1v) is 13.9. The molecular weight excluding hydrogens is 477 g/mol. The van der Waals surface area contributed by atoms with Crippen LogP contribution in [0.1, 0.15) is 25.3 Å². The van der Waals surface area contributed by atoms with Crippen LogP contribution >= 0.6 is 0 Å². The molecule has 4 aromatic rings. The molecule has 10 heteroatoms. The molecule has 0 unspecified atom stereocenters. The highest BCUT2D eigenvalue weighted by Gasteiger charge is 2.23. The number of likely N-dealkylation sites (N-methyl/N-ethyl adjacent to an activating group) is 1. The van der Waals surface area contributed by atoms with Crippen molar-refractivity contribution in [3.05, 3.63) is 54.5 Å². The van der Waals surface area contributed by atoms with Crippen LogP contribution in [0.3, 0.4) is 0 Å². The highest BCUT2D eigenvalue weighted by Crippen LogP contribution is 2.28. The quantitative estimate of drug-likeness (QED) is 0.389. The normalized spacial score (nSPS) is 18.2. The number of fused-ring (bicyclic) bond motifs is 1. The van der Waals surface area contributed by atoms with E-state index < -0.39 is 16.6 Å². The number of imidazole rings is 1. The molecule has 5 heterocycles. The number of hydrogen-bond donors (Lipinski definition) is 1. The van der Waals surface area contributed by atoms with Crippen LogP contribution in [0.25, 0.3) is 28.1 Å². The van der Waals surface area contributed by atoms with Crippen LogP contribution in [0.4, 0.5) is 10.2 Å². The fourth-order valence-electron chi connectivity index (χ4n) is 5.00. The molecule has 0 aromatic carbocycles. The second kappa shape index (κ2) is 10.5. The Morgan fingerprint density at radius 3 is 2.69 bits per heavy atom. The summed E-state index contributed by atoms with van der Waals surface area (Å²) in [5.74, 6) is 2.19. The van der Waals surface area contributed by atoms with Gasteiger partial charge in [0.15, 0.2) is 17.5 Å². The Hall–Kier alpha value is -3.11. The van der Waals surface area contributed by atoms with Crippen molar-refractivity contribution < 1.29 is 8.60 Å². The zero-order valence-electron chi connectivity index (χ0n) is 20.9. The Morgan fingerprint density at radius 2 is 2.03 bits per heavy atom. The predicted octanol–water partition coefficient (Wildman–Crippen LogP) is 3.78. The SMILES string of the molecule is CCN(CCc1cn(-c2cn(C)cn2)c2nc(-c3cnc(NC)c(F)c3)ccc12)C1CCS(=O)CC1. The van der Waals surface area contributed by atoms with Gasteiger partial charge in [-0.1, -0.05) is 6.92 Å². The van der Waals surface area contributed by atoms with Gasteiger partial charge in [-0.2, -0.15) is 0 Å². The van der Waals surface area contributed by atoms with Gasteiger partial charge in [-0.3, -0.25) is 8.78 Å². The van der Waals surface area contributed by atoms with Gasteiger partial charge >= 0.3 is 0 Å². The van der Waals surface area contributed by atoms with Crippen LogP contribution in [0.15, 0.2) is 43.1 Å². The van der Waals surface area contributed by atoms with Crippen LogP contribution in [0.2, 0.25) is 0 Å². The average molecular weight is 510 g/mol. The molecule has 8 nitrogen and oxygen atoms in total. The summed E-state index contributed by atoms with van der Waals surface area (Å²) >= 11 is 0. The van der Waals surface area contributed by atoms with Gasteiger partial charge in [-0.05, 0) is 49.6 Å². The molecule has 1 fully saturated rings. The molecule has 5 rings (SSSR count). The van der Waals surface area contributed by atoms with Crippen LogP contribution in [-0.4, -0.2) is 70.9 Å². The third-order valence-electron chi connectivity index (χ3n) is 6.99. The van der Waals surface area contributed by atoms with Gasteiger partial charge < -0.3 is 14.8 Å². The summed E-state index contributed by atoms with van der Waals surface area (Å²) < 4.78 is 30.1. The molecule has 1 aliphatic heterocycles. The molecular formula is C26H32FN7OS. The molecule has 190 valence electrons. The second-order valence-corrected chi connectivity index (χ2v) is 10.9. The summed E-state index contributed by atoms with van der Waals surface area (Å²) in [6, 6.07) is 5.94. The highest BCUT2D eigenvalue weighted by atomic mass is 32.2. The van der Waals surface area contributed by atoms with Crippen molar-refractivity contribution in [3.8, 4) is 17.1 Å². The van der Waals surface area contributed by atoms with E-state index in [4.69, 9.17) is 4.98 Å². The minimum atomic E-state index is -0.654. The Bertz CT molecular complexity index is 1390. The highest BCUT2D eigenvalue weighted by molar-refractivity contribution is 7.85. The molecule has 36 heavy (non-hydrogen) atoms. The zero-order valence-corrected chi connectivity index (χ0v) is 21.8. The zero-order chi connectivity index (χ0) is 25.2. The second-order valence-electron chi connectivity index (χ2n) is 9.25. The van der Waals surface area contributed by atoms with E-state index in [9.17, 15) is 8.60 Å². The lowest BCUT2D eigenvalue weighted by atomic mass is 10.1. The van der Waals surface area contributed by atoms with Gasteiger partial charge in [0.2, 0.25) is 0 Å². The summed E-state index contributed by atoms with van der Waals surface area (Å²) in [6.07, 6.45) is 10.4. The van der Waals surface area contributed by atoms with Crippen LogP contribution < -0.4 is 5.32 Å². The van der Waals surface area contributed by atoms with Crippen molar-refractivity contribution in [2.24, 2.45) is 7.05 Å². The minimum absolute atomic E-state index is 0.212. The number of anilines is 1. The van der Waals surface area contributed by atoms with Crippen molar-refractivity contribution in [2.75, 3.05) is 37.0 Å². The molecule has 1 saturated heterocycles. The molecule has 0 bridgehead atoms. The van der Waals surface area contributed by atoms with Gasteiger partial charge in [-0.15, -0.1) is 0 Å². The monoisotopic (exact) mass is 509 g/mol. The van der Waals surface area contributed by atoms with Crippen molar-refractivity contribution in [3.63, 3.8) is 0 Å². The number of pyridine rings is 2. The lowest BCUT2D eigenvalue weighted by Crippen LogP contribution is -2.41. The number of rotatable bonds is 8. The van der Waals surface area contributed by atoms with E-state index in [1.54, 1.807) is 19.6 Å². The van der Waals surface area contributed by atoms with E-state index in [1.807, 2.05) is 28.4 Å². The fraction of sp³-hybridized carbons (Fsp3) is 0.423. The summed E-state index contributed by atoms with van der Waals surface area (Å²) in [7, 11) is 2.93. The maximum Gasteiger partial charge on any atom is 0.166 e. The van der Waals surface area contributed by atoms with Crippen LogP contribution in [0, 0.1) is 5.82 Å². The molecule has 0 saturated carbocycles. The maximum absolute atomic E-state index is 14.4. The predicted molar refractivity (Wildman–Crippen MR) is 142 cm³/mol. The van der Waals surface area contributed by atoms with Gasteiger partial charge in [0, 0.05) is 78.5 Å². The van der Waals surface area contributed by atoms with E-state index in [0.717, 1.165) is 60.7 Å². The maximum atomic E-state index is 14.4. The van der Waals surface area contributed by atoms with Crippen molar-refractivity contribution in [1.82, 2.24) is 29.0 Å². The molecule has 1 aliphatic rings. The largest absolute Gasteiger partial charge is 0.371 e. The van der Waals surface area contributed by atoms with E-state index in [-0.39, 0.29) is 5.82 Å². The summed E-state index contributed by atoms with van der Waals surface area (Å²) in [6.45, 7) is 4.10. The summed E-state index contributed by atoms with van der Waals surface area (Å²) in [5, 5.41) is 3.81. The van der Waals surface area contributed by atoms with E-state index in [0.29, 0.717) is 17.3 Å². The number of aryl methyl sites for hydroxylation is 1. The Morgan fingerprint density at radius 1 is 1.22 bits per heavy atom. The Kier molecular flexibility index (Phi) is 7.15. The van der Waals surface area contributed by atoms with E-state index >= 15 is 0 Å². The minimum Gasteiger partial charge on any atom is -0.371 e. The summed E-state index contributed by atoms with van der Waals surface area (Å²) in [5.41, 5.74) is 3.26. The standard InChI is InChI=1S/C26H32FN7OS/c1-4-33(20-8-11-36(35)12-9-20)10-7-18-15-34(24-16-32(3)17-30-24)26-21(18)5-6-23(31-26)19-13-22(27)25(28-2)29-14-19/h5-6,13-17,20H,4,7-12H2,1-3H3,(H,28,29). The number of nitrogens with one attached hydrogen (secondary N) is 1. The number of aromatic nitrogens is 5. The molecule has 0 amide bonds. The summed E-state index contributed by atoms with van der Waals surface area (Å²) in [4.78, 5) is 16.2. The van der Waals surface area contributed by atoms with Crippen LogP contribution in [-0.2, 0) is 24.3 Å².